The Morgan fingerprint density at radius 1 is 1.05 bits per heavy atom. The molecular formula is C24H24Cl4N4O5S. The molecular weight excluding hydrogens is 598 g/mol. The molecule has 2 aromatic rings. The minimum Gasteiger partial charge on any atom is -0.366 e. The molecule has 0 spiro atoms. The van der Waals surface area contributed by atoms with Crippen molar-refractivity contribution in [3.63, 3.8) is 0 Å². The van der Waals surface area contributed by atoms with Crippen LogP contribution in [0.2, 0.25) is 20.1 Å². The number of rotatable bonds is 6. The van der Waals surface area contributed by atoms with Gasteiger partial charge >= 0.3 is 0 Å². The predicted molar refractivity (Wildman–Crippen MR) is 145 cm³/mol. The number of hydrogen-bond acceptors (Lipinski definition) is 5. The first-order chi connectivity index (χ1) is 17.7. The first-order valence-electron chi connectivity index (χ1n) is 11.6. The van der Waals surface area contributed by atoms with Gasteiger partial charge in [-0.15, -0.1) is 0 Å². The molecule has 38 heavy (non-hydrogen) atoms. The van der Waals surface area contributed by atoms with Crippen molar-refractivity contribution in [1.82, 2.24) is 14.1 Å². The van der Waals surface area contributed by atoms with Crippen molar-refractivity contribution in [2.75, 3.05) is 13.1 Å². The Morgan fingerprint density at radius 2 is 1.74 bits per heavy atom. The average Bonchev–Trinajstić information content (AvgIpc) is 2.82. The second-order valence-corrected chi connectivity index (χ2v) is 12.9. The van der Waals surface area contributed by atoms with Gasteiger partial charge in [0, 0.05) is 30.5 Å². The maximum atomic E-state index is 14.0. The minimum absolute atomic E-state index is 0.0602. The van der Waals surface area contributed by atoms with E-state index in [0.29, 0.717) is 10.6 Å². The molecule has 4 rings (SSSR count). The summed E-state index contributed by atoms with van der Waals surface area (Å²) in [5.41, 5.74) is 4.28. The van der Waals surface area contributed by atoms with Gasteiger partial charge in [0.05, 0.1) is 21.6 Å². The maximum absolute atomic E-state index is 14.0. The van der Waals surface area contributed by atoms with E-state index in [-0.39, 0.29) is 39.3 Å². The molecule has 2 heterocycles. The number of sulfonamides is 1. The molecule has 2 fully saturated rings. The molecule has 0 aromatic heterocycles. The molecule has 0 saturated carbocycles. The van der Waals surface area contributed by atoms with Crippen LogP contribution in [-0.2, 0) is 30.8 Å². The number of amides is 3. The first kappa shape index (κ1) is 28.9. The Bertz CT molecular complexity index is 1440. The largest absolute Gasteiger partial charge is 0.366 e. The van der Waals surface area contributed by atoms with Crippen LogP contribution in [-0.4, -0.2) is 71.1 Å². The van der Waals surface area contributed by atoms with Crippen LogP contribution in [0.15, 0.2) is 41.3 Å². The van der Waals surface area contributed by atoms with E-state index in [4.69, 9.17) is 52.1 Å². The summed E-state index contributed by atoms with van der Waals surface area (Å²) < 4.78 is 28.9. The Morgan fingerprint density at radius 3 is 2.32 bits per heavy atom. The highest BCUT2D eigenvalue weighted by Gasteiger charge is 2.64. The van der Waals surface area contributed by atoms with E-state index in [1.165, 1.54) is 23.1 Å². The number of fused-ring (bicyclic) bond motifs is 1. The highest BCUT2D eigenvalue weighted by molar-refractivity contribution is 7.89. The maximum Gasteiger partial charge on any atom is 0.261 e. The van der Waals surface area contributed by atoms with E-state index in [1.54, 1.807) is 32.0 Å². The summed E-state index contributed by atoms with van der Waals surface area (Å²) in [7, 11) is -4.51. The zero-order valence-electron chi connectivity index (χ0n) is 20.3. The number of hydrogen-bond donors (Lipinski definition) is 1. The second kappa shape index (κ2) is 10.5. The quantitative estimate of drug-likeness (QED) is 0.529. The number of benzene rings is 2. The van der Waals surface area contributed by atoms with Gasteiger partial charge in [-0.1, -0.05) is 52.5 Å². The number of carbonyl (C=O) groups excluding carboxylic acids is 3. The number of nitrogens with zero attached hydrogens (tertiary/aromatic N) is 3. The predicted octanol–water partition coefficient (Wildman–Crippen LogP) is 3.57. The zero-order chi connectivity index (χ0) is 28.2. The first-order valence-corrected chi connectivity index (χ1v) is 14.5. The van der Waals surface area contributed by atoms with Crippen molar-refractivity contribution in [2.45, 2.75) is 49.3 Å². The van der Waals surface area contributed by atoms with Gasteiger partial charge in [-0.3, -0.25) is 14.4 Å². The summed E-state index contributed by atoms with van der Waals surface area (Å²) in [4.78, 5) is 42.6. The van der Waals surface area contributed by atoms with E-state index in [1.807, 2.05) is 0 Å². The lowest BCUT2D eigenvalue weighted by atomic mass is 9.90. The Kier molecular flexibility index (Phi) is 7.97. The molecule has 0 bridgehead atoms. The topological polar surface area (TPSA) is 121 Å². The lowest BCUT2D eigenvalue weighted by molar-refractivity contribution is -0.186. The van der Waals surface area contributed by atoms with Crippen molar-refractivity contribution >= 4 is 74.1 Å². The fourth-order valence-corrected chi connectivity index (χ4v) is 7.75. The standard InChI is InChI=1S/C24H24Cl4N4O5S/c1-13(2)30-12-24(23(29)35)31(38(36,37)20-6-4-15(25)11-18(20)28)8-7-21(33)32(24)19(22(30)34)10-14-3-5-16(26)17(27)9-14/h3-6,9,11,13,19H,7-8,10,12H2,1-2H3,(H2,29,35). The summed E-state index contributed by atoms with van der Waals surface area (Å²) in [6.07, 6.45) is -0.346. The normalized spacial score (nSPS) is 22.7. The highest BCUT2D eigenvalue weighted by atomic mass is 35.5. The summed E-state index contributed by atoms with van der Waals surface area (Å²) in [6, 6.07) is 6.87. The van der Waals surface area contributed by atoms with E-state index >= 15 is 0 Å². The molecule has 0 aliphatic carbocycles. The zero-order valence-corrected chi connectivity index (χ0v) is 24.2. The van der Waals surface area contributed by atoms with Crippen LogP contribution >= 0.6 is 46.4 Å². The van der Waals surface area contributed by atoms with Gasteiger partial charge in [-0.05, 0) is 49.7 Å². The number of nitrogens with two attached hydrogens (primary N) is 1. The summed E-state index contributed by atoms with van der Waals surface area (Å²) in [5, 5.41) is 0.582. The molecule has 2 saturated heterocycles. The molecule has 204 valence electrons. The van der Waals surface area contributed by atoms with Crippen molar-refractivity contribution in [2.24, 2.45) is 5.73 Å². The fourth-order valence-electron chi connectivity index (χ4n) is 4.98. The van der Waals surface area contributed by atoms with Gasteiger partial charge in [0.2, 0.25) is 27.5 Å². The molecule has 0 radical (unpaired) electrons. The van der Waals surface area contributed by atoms with Crippen LogP contribution in [0.25, 0.3) is 0 Å². The van der Waals surface area contributed by atoms with Gasteiger partial charge in [-0.25, -0.2) is 8.42 Å². The number of primary amides is 1. The Hall–Kier alpha value is -2.08. The molecule has 3 amide bonds. The van der Waals surface area contributed by atoms with Crippen molar-refractivity contribution in [3.05, 3.63) is 62.1 Å². The SMILES string of the molecule is CC(C)N1CC2(C(N)=O)N(C(=O)CCN2S(=O)(=O)c2ccc(Cl)cc2Cl)C(Cc2ccc(Cl)c(Cl)c2)C1=O. The lowest BCUT2D eigenvalue weighted by Gasteiger charge is -2.58. The highest BCUT2D eigenvalue weighted by Crippen LogP contribution is 2.41. The molecule has 2 unspecified atom stereocenters. The van der Waals surface area contributed by atoms with Crippen LogP contribution in [0.3, 0.4) is 0 Å². The van der Waals surface area contributed by atoms with Crippen molar-refractivity contribution in [1.29, 1.82) is 0 Å². The third kappa shape index (κ3) is 4.76. The molecule has 2 atom stereocenters. The molecule has 9 nitrogen and oxygen atoms in total. The van der Waals surface area contributed by atoms with Crippen LogP contribution in [0.4, 0.5) is 0 Å². The van der Waals surface area contributed by atoms with Gasteiger partial charge in [0.15, 0.2) is 0 Å². The van der Waals surface area contributed by atoms with Crippen LogP contribution in [0, 0.1) is 0 Å². The van der Waals surface area contributed by atoms with E-state index in [9.17, 15) is 22.8 Å². The van der Waals surface area contributed by atoms with E-state index in [0.717, 1.165) is 9.21 Å². The summed E-state index contributed by atoms with van der Waals surface area (Å²) in [5.74, 6) is -2.14. The average molecular weight is 622 g/mol. The van der Waals surface area contributed by atoms with Crippen molar-refractivity contribution < 1.29 is 22.8 Å². The molecule has 2 aliphatic rings. The van der Waals surface area contributed by atoms with Crippen molar-refractivity contribution in [3.8, 4) is 0 Å². The Balaban J connectivity index is 1.92. The number of piperazine rings is 1. The third-order valence-corrected chi connectivity index (χ3v) is 10.1. The van der Waals surface area contributed by atoms with E-state index < -0.39 is 52.0 Å². The molecule has 2 aliphatic heterocycles. The van der Waals surface area contributed by atoms with Gasteiger partial charge in [0.25, 0.3) is 5.91 Å². The lowest BCUT2D eigenvalue weighted by Crippen LogP contribution is -2.83. The van der Waals surface area contributed by atoms with Gasteiger partial charge in [-0.2, -0.15) is 4.31 Å². The fraction of sp³-hybridized carbons (Fsp3) is 0.375. The summed E-state index contributed by atoms with van der Waals surface area (Å²) in [6.45, 7) is 2.64. The Labute approximate surface area is 240 Å². The van der Waals surface area contributed by atoms with Gasteiger partial charge < -0.3 is 15.5 Å². The molecule has 2 N–H and O–H groups in total. The monoisotopic (exact) mass is 620 g/mol. The number of halogens is 4. The summed E-state index contributed by atoms with van der Waals surface area (Å²) >= 11 is 24.4. The molecule has 2 aromatic carbocycles. The van der Waals surface area contributed by atoms with Gasteiger partial charge in [0.1, 0.15) is 10.9 Å². The van der Waals surface area contributed by atoms with Crippen LogP contribution in [0.5, 0.6) is 0 Å². The number of carbonyl (C=O) groups is 3. The van der Waals surface area contributed by atoms with E-state index in [2.05, 4.69) is 0 Å². The third-order valence-electron chi connectivity index (χ3n) is 6.77. The smallest absolute Gasteiger partial charge is 0.261 e. The van der Waals surface area contributed by atoms with Crippen LogP contribution in [0.1, 0.15) is 25.8 Å². The second-order valence-electron chi connectivity index (χ2n) is 9.37. The molecule has 14 heteroatoms. The van der Waals surface area contributed by atoms with Crippen LogP contribution < -0.4 is 5.73 Å². The minimum atomic E-state index is -4.51.